The molecule has 7 heteroatoms. The summed E-state index contributed by atoms with van der Waals surface area (Å²) < 4.78 is 1.74. The second-order valence-corrected chi connectivity index (χ2v) is 6.10. The third kappa shape index (κ3) is 3.62. The number of benzene rings is 1. The Morgan fingerprint density at radius 1 is 1.17 bits per heavy atom. The van der Waals surface area contributed by atoms with Crippen LogP contribution in [0.4, 0.5) is 5.82 Å². The molecule has 0 aliphatic carbocycles. The monoisotopic (exact) mass is 329 g/mol. The lowest BCUT2D eigenvalue weighted by Crippen LogP contribution is -2.24. The molecule has 0 aliphatic rings. The lowest BCUT2D eigenvalue weighted by molar-refractivity contribution is 0.282. The maximum atomic E-state index is 9.18. The van der Waals surface area contributed by atoms with Crippen molar-refractivity contribution in [3.8, 4) is 11.4 Å². The SMILES string of the molecule is CSC[C@@H](CCO)Nc1ccc2nnc(-c3ccccc3)n2n1. The zero-order valence-corrected chi connectivity index (χ0v) is 13.7. The fourth-order valence-corrected chi connectivity index (χ4v) is 3.05. The zero-order valence-electron chi connectivity index (χ0n) is 12.9. The largest absolute Gasteiger partial charge is 0.396 e. The van der Waals surface area contributed by atoms with Crippen LogP contribution in [-0.4, -0.2) is 49.6 Å². The Hall–Kier alpha value is -2.12. The van der Waals surface area contributed by atoms with Crippen LogP contribution in [0.15, 0.2) is 42.5 Å². The van der Waals surface area contributed by atoms with Crippen LogP contribution in [0.2, 0.25) is 0 Å². The van der Waals surface area contributed by atoms with Gasteiger partial charge >= 0.3 is 0 Å². The number of nitrogens with one attached hydrogen (secondary N) is 1. The van der Waals surface area contributed by atoms with E-state index in [-0.39, 0.29) is 12.6 Å². The smallest absolute Gasteiger partial charge is 0.185 e. The van der Waals surface area contributed by atoms with E-state index in [1.54, 1.807) is 16.3 Å². The zero-order chi connectivity index (χ0) is 16.1. The van der Waals surface area contributed by atoms with Crippen molar-refractivity contribution in [1.29, 1.82) is 0 Å². The number of rotatable bonds is 7. The van der Waals surface area contributed by atoms with E-state index in [0.29, 0.717) is 17.9 Å². The molecule has 2 heterocycles. The predicted molar refractivity (Wildman–Crippen MR) is 93.7 cm³/mol. The third-order valence-electron chi connectivity index (χ3n) is 3.49. The standard InChI is InChI=1S/C16H19N5OS/c1-23-11-13(9-10-22)17-14-7-8-15-18-19-16(21(15)20-14)12-5-3-2-4-6-12/h2-8,13,22H,9-11H2,1H3,(H,17,20)/t13-/m1/s1. The molecule has 0 saturated heterocycles. The van der Waals surface area contributed by atoms with E-state index in [9.17, 15) is 5.11 Å². The molecule has 120 valence electrons. The normalized spacial score (nSPS) is 12.4. The number of fused-ring (bicyclic) bond motifs is 1. The number of aliphatic hydroxyl groups excluding tert-OH is 1. The molecule has 0 bridgehead atoms. The minimum Gasteiger partial charge on any atom is -0.396 e. The summed E-state index contributed by atoms with van der Waals surface area (Å²) in [5.74, 6) is 2.38. The topological polar surface area (TPSA) is 75.3 Å². The molecule has 0 unspecified atom stereocenters. The summed E-state index contributed by atoms with van der Waals surface area (Å²) in [7, 11) is 0. The molecule has 0 amide bonds. The predicted octanol–water partition coefficient (Wildman–Crippen LogP) is 2.32. The molecule has 2 N–H and O–H groups in total. The summed E-state index contributed by atoms with van der Waals surface area (Å²) in [6.45, 7) is 0.155. The Morgan fingerprint density at radius 3 is 2.74 bits per heavy atom. The van der Waals surface area contributed by atoms with Crippen LogP contribution >= 0.6 is 11.8 Å². The first-order valence-electron chi connectivity index (χ1n) is 7.46. The molecule has 6 nitrogen and oxygen atoms in total. The Kier molecular flexibility index (Phi) is 5.09. The molecule has 3 aromatic rings. The highest BCUT2D eigenvalue weighted by Gasteiger charge is 2.12. The van der Waals surface area contributed by atoms with Gasteiger partial charge in [-0.1, -0.05) is 30.3 Å². The summed E-state index contributed by atoms with van der Waals surface area (Å²) in [5, 5.41) is 25.6. The van der Waals surface area contributed by atoms with Crippen LogP contribution in [0.5, 0.6) is 0 Å². The second kappa shape index (κ2) is 7.43. The highest BCUT2D eigenvalue weighted by Crippen LogP contribution is 2.18. The van der Waals surface area contributed by atoms with Crippen molar-refractivity contribution >= 4 is 23.2 Å². The van der Waals surface area contributed by atoms with Crippen LogP contribution in [0, 0.1) is 0 Å². The second-order valence-electron chi connectivity index (χ2n) is 5.19. The van der Waals surface area contributed by atoms with Gasteiger partial charge in [0.25, 0.3) is 0 Å². The Morgan fingerprint density at radius 2 is 2.00 bits per heavy atom. The highest BCUT2D eigenvalue weighted by atomic mass is 32.2. The van der Waals surface area contributed by atoms with Gasteiger partial charge in [-0.2, -0.15) is 16.3 Å². The number of anilines is 1. The van der Waals surface area contributed by atoms with Gasteiger partial charge in [0.15, 0.2) is 11.5 Å². The van der Waals surface area contributed by atoms with Crippen molar-refractivity contribution in [1.82, 2.24) is 19.8 Å². The first-order valence-corrected chi connectivity index (χ1v) is 8.85. The van der Waals surface area contributed by atoms with Crippen molar-refractivity contribution in [2.45, 2.75) is 12.5 Å². The molecule has 0 aliphatic heterocycles. The quantitative estimate of drug-likeness (QED) is 0.693. The molecule has 0 radical (unpaired) electrons. The van der Waals surface area contributed by atoms with Gasteiger partial charge in [-0.15, -0.1) is 15.3 Å². The minimum atomic E-state index is 0.155. The van der Waals surface area contributed by atoms with Gasteiger partial charge in [-0.05, 0) is 24.8 Å². The van der Waals surface area contributed by atoms with Crippen molar-refractivity contribution in [3.63, 3.8) is 0 Å². The van der Waals surface area contributed by atoms with Crippen LogP contribution in [-0.2, 0) is 0 Å². The molecule has 0 fully saturated rings. The van der Waals surface area contributed by atoms with Gasteiger partial charge in [0.2, 0.25) is 0 Å². The molecule has 1 atom stereocenters. The number of hydrogen-bond acceptors (Lipinski definition) is 6. The van der Waals surface area contributed by atoms with Crippen molar-refractivity contribution in [3.05, 3.63) is 42.5 Å². The van der Waals surface area contributed by atoms with Crippen LogP contribution in [0.1, 0.15) is 6.42 Å². The Bertz CT molecular complexity index is 756. The van der Waals surface area contributed by atoms with Gasteiger partial charge in [0.05, 0.1) is 0 Å². The van der Waals surface area contributed by atoms with Crippen molar-refractivity contribution in [2.75, 3.05) is 23.9 Å². The average molecular weight is 329 g/mol. The molecular formula is C16H19N5OS. The van der Waals surface area contributed by atoms with E-state index in [4.69, 9.17) is 0 Å². The summed E-state index contributed by atoms with van der Waals surface area (Å²) in [5.41, 5.74) is 1.68. The molecule has 3 rings (SSSR count). The van der Waals surface area contributed by atoms with Crippen LogP contribution < -0.4 is 5.32 Å². The molecule has 2 aromatic heterocycles. The van der Waals surface area contributed by atoms with E-state index >= 15 is 0 Å². The van der Waals surface area contributed by atoms with Crippen molar-refractivity contribution in [2.24, 2.45) is 0 Å². The molecule has 1 aromatic carbocycles. The summed E-state index contributed by atoms with van der Waals surface area (Å²) in [6, 6.07) is 13.8. The van der Waals surface area contributed by atoms with Gasteiger partial charge in [0.1, 0.15) is 5.82 Å². The van der Waals surface area contributed by atoms with Crippen LogP contribution in [0.3, 0.4) is 0 Å². The number of hydrogen-bond donors (Lipinski definition) is 2. The van der Waals surface area contributed by atoms with E-state index in [1.165, 1.54) is 0 Å². The minimum absolute atomic E-state index is 0.155. The Labute approximate surface area is 138 Å². The lowest BCUT2D eigenvalue weighted by Gasteiger charge is -2.17. The number of nitrogens with zero attached hydrogens (tertiary/aromatic N) is 4. The molecule has 0 saturated carbocycles. The number of thioether (sulfide) groups is 1. The van der Waals surface area contributed by atoms with E-state index in [1.807, 2.05) is 42.5 Å². The molecule has 0 spiro atoms. The van der Waals surface area contributed by atoms with Gasteiger partial charge in [-0.25, -0.2) is 0 Å². The maximum Gasteiger partial charge on any atom is 0.185 e. The summed E-state index contributed by atoms with van der Waals surface area (Å²) in [4.78, 5) is 0. The fourth-order valence-electron chi connectivity index (χ4n) is 2.40. The number of aliphatic hydroxyl groups is 1. The first kappa shape index (κ1) is 15.8. The van der Waals surface area contributed by atoms with Crippen LogP contribution in [0.25, 0.3) is 17.0 Å². The lowest BCUT2D eigenvalue weighted by atomic mass is 10.2. The summed E-state index contributed by atoms with van der Waals surface area (Å²) in [6.07, 6.45) is 2.74. The van der Waals surface area contributed by atoms with E-state index in [2.05, 4.69) is 26.9 Å². The van der Waals surface area contributed by atoms with Gasteiger partial charge in [-0.3, -0.25) is 0 Å². The summed E-state index contributed by atoms with van der Waals surface area (Å²) >= 11 is 1.74. The van der Waals surface area contributed by atoms with E-state index in [0.717, 1.165) is 17.1 Å². The molecular weight excluding hydrogens is 310 g/mol. The molecule has 23 heavy (non-hydrogen) atoms. The van der Waals surface area contributed by atoms with Crippen molar-refractivity contribution < 1.29 is 5.11 Å². The third-order valence-corrected chi connectivity index (χ3v) is 4.23. The van der Waals surface area contributed by atoms with Gasteiger partial charge in [0, 0.05) is 24.0 Å². The van der Waals surface area contributed by atoms with E-state index < -0.39 is 0 Å². The Balaban J connectivity index is 1.91. The fraction of sp³-hybridized carbons (Fsp3) is 0.312. The maximum absolute atomic E-state index is 9.18. The average Bonchev–Trinajstić information content (AvgIpc) is 2.99. The highest BCUT2D eigenvalue weighted by molar-refractivity contribution is 7.98. The van der Waals surface area contributed by atoms with Gasteiger partial charge < -0.3 is 10.4 Å². The first-order chi connectivity index (χ1) is 11.3. The number of aromatic nitrogens is 4.